The van der Waals surface area contributed by atoms with Crippen molar-refractivity contribution < 1.29 is 22.6 Å². The number of alkyl halides is 3. The molecule has 4 N–H and O–H groups in total. The molecule has 0 aliphatic rings. The smallest absolute Gasteiger partial charge is 0.409 e. The van der Waals surface area contributed by atoms with E-state index in [-0.39, 0.29) is 32.1 Å². The lowest BCUT2D eigenvalue weighted by Crippen LogP contribution is -2.16. The van der Waals surface area contributed by atoms with Gasteiger partial charge in [-0.1, -0.05) is 28.4 Å². The minimum Gasteiger partial charge on any atom is -0.409 e. The highest BCUT2D eigenvalue weighted by molar-refractivity contribution is 7.84. The largest absolute Gasteiger partial charge is 0.416 e. The Bertz CT molecular complexity index is 907. The molecule has 0 fully saturated rings. The summed E-state index contributed by atoms with van der Waals surface area (Å²) in [6.07, 6.45) is -3.30. The van der Waals surface area contributed by atoms with Crippen LogP contribution in [0.4, 0.5) is 19.0 Å². The maximum Gasteiger partial charge on any atom is 0.416 e. The number of nitrogens with two attached hydrogens (primary N) is 1. The van der Waals surface area contributed by atoms with Gasteiger partial charge in [-0.2, -0.15) is 18.3 Å². The Morgan fingerprint density at radius 3 is 2.37 bits per heavy atom. The summed E-state index contributed by atoms with van der Waals surface area (Å²) in [5.74, 6) is -0.291. The molecule has 1 heterocycles. The van der Waals surface area contributed by atoms with Gasteiger partial charge >= 0.3 is 6.18 Å². The summed E-state index contributed by atoms with van der Waals surface area (Å²) in [4.78, 5) is 0.0826. The molecular formula is C14H14Cl2F3N5O2S. The van der Waals surface area contributed by atoms with Gasteiger partial charge in [-0.05, 0) is 19.1 Å². The van der Waals surface area contributed by atoms with Crippen LogP contribution in [0.3, 0.4) is 0 Å². The second-order valence-corrected chi connectivity index (χ2v) is 7.32. The molecule has 1 aromatic heterocycles. The van der Waals surface area contributed by atoms with E-state index in [0.29, 0.717) is 18.7 Å². The molecule has 0 spiro atoms. The first kappa shape index (κ1) is 21.3. The molecular weight excluding hydrogens is 430 g/mol. The van der Waals surface area contributed by atoms with Crippen LogP contribution >= 0.6 is 23.2 Å². The highest BCUT2D eigenvalue weighted by Gasteiger charge is 2.33. The molecule has 1 atom stereocenters. The first-order chi connectivity index (χ1) is 12.5. The number of hydrogen-bond acceptors (Lipinski definition) is 5. The third kappa shape index (κ3) is 4.14. The Balaban J connectivity index is 2.85. The van der Waals surface area contributed by atoms with E-state index in [1.807, 2.05) is 0 Å². The lowest BCUT2D eigenvalue weighted by atomic mass is 10.2. The highest BCUT2D eigenvalue weighted by atomic mass is 35.5. The van der Waals surface area contributed by atoms with Crippen LogP contribution in [0.15, 0.2) is 22.2 Å². The van der Waals surface area contributed by atoms with Gasteiger partial charge in [0.05, 0.1) is 26.4 Å². The van der Waals surface area contributed by atoms with Crippen molar-refractivity contribution in [1.82, 2.24) is 9.78 Å². The molecule has 2 rings (SSSR count). The van der Waals surface area contributed by atoms with Gasteiger partial charge in [-0.15, -0.1) is 0 Å². The van der Waals surface area contributed by atoms with Crippen molar-refractivity contribution in [3.8, 4) is 5.69 Å². The van der Waals surface area contributed by atoms with E-state index in [4.69, 9.17) is 34.1 Å². The summed E-state index contributed by atoms with van der Waals surface area (Å²) in [6, 6.07) is 1.40. The molecule has 148 valence electrons. The Morgan fingerprint density at radius 2 is 1.96 bits per heavy atom. The molecule has 2 aromatic rings. The molecule has 27 heavy (non-hydrogen) atoms. The lowest BCUT2D eigenvalue weighted by molar-refractivity contribution is -0.137. The van der Waals surface area contributed by atoms with Crippen molar-refractivity contribution in [3.63, 3.8) is 0 Å². The molecule has 7 nitrogen and oxygen atoms in total. The fourth-order valence-electron chi connectivity index (χ4n) is 2.31. The molecule has 0 aliphatic heterocycles. The molecule has 1 unspecified atom stereocenters. The number of benzene rings is 1. The normalized spacial score (nSPS) is 13.7. The van der Waals surface area contributed by atoms with Crippen molar-refractivity contribution in [1.29, 1.82) is 0 Å². The van der Waals surface area contributed by atoms with Crippen LogP contribution < -0.4 is 11.1 Å². The average Bonchev–Trinajstić information content (AvgIpc) is 2.92. The van der Waals surface area contributed by atoms with E-state index in [2.05, 4.69) is 15.6 Å². The lowest BCUT2D eigenvalue weighted by Gasteiger charge is -2.15. The van der Waals surface area contributed by atoms with Gasteiger partial charge < -0.3 is 16.3 Å². The summed E-state index contributed by atoms with van der Waals surface area (Å²) in [7, 11) is -1.64. The van der Waals surface area contributed by atoms with Gasteiger partial charge in [0.2, 0.25) is 0 Å². The first-order valence-corrected chi connectivity index (χ1v) is 9.59. The van der Waals surface area contributed by atoms with Crippen molar-refractivity contribution >= 4 is 45.7 Å². The molecule has 1 aromatic carbocycles. The second kappa shape index (κ2) is 7.95. The molecule has 0 bridgehead atoms. The minimum absolute atomic E-state index is 0.0778. The molecule has 0 amide bonds. The summed E-state index contributed by atoms with van der Waals surface area (Å²) >= 11 is 12.1. The Kier molecular flexibility index (Phi) is 6.28. The zero-order valence-corrected chi connectivity index (χ0v) is 16.3. The standard InChI is InChI=1S/C14H14Cl2F3N5O2S/c1-3-21-13-11(27(2)26)9(12(20)23-25)22-24(13)10-7(15)4-6(5-8(10)16)14(17,18)19/h4-5,21,25H,3H2,1-2H3,(H2,20,23). The van der Waals surface area contributed by atoms with Gasteiger partial charge in [0.1, 0.15) is 22.1 Å². The maximum absolute atomic E-state index is 13.0. The van der Waals surface area contributed by atoms with Crippen LogP contribution in [0, 0.1) is 0 Å². The fraction of sp³-hybridized carbons (Fsp3) is 0.286. The summed E-state index contributed by atoms with van der Waals surface area (Å²) in [5.41, 5.74) is 4.36. The Morgan fingerprint density at radius 1 is 1.41 bits per heavy atom. The second-order valence-electron chi connectivity index (χ2n) is 5.19. The number of aromatic nitrogens is 2. The zero-order valence-electron chi connectivity index (χ0n) is 13.9. The van der Waals surface area contributed by atoms with Crippen molar-refractivity contribution in [2.24, 2.45) is 10.9 Å². The highest BCUT2D eigenvalue weighted by Crippen LogP contribution is 2.39. The van der Waals surface area contributed by atoms with E-state index >= 15 is 0 Å². The number of rotatable bonds is 5. The average molecular weight is 444 g/mol. The number of nitrogens with zero attached hydrogens (tertiary/aromatic N) is 3. The van der Waals surface area contributed by atoms with Crippen LogP contribution in [-0.4, -0.2) is 37.8 Å². The van der Waals surface area contributed by atoms with Gasteiger partial charge in [0.15, 0.2) is 5.84 Å². The first-order valence-electron chi connectivity index (χ1n) is 7.27. The van der Waals surface area contributed by atoms with Crippen LogP contribution in [0.2, 0.25) is 10.0 Å². The predicted molar refractivity (Wildman–Crippen MR) is 97.6 cm³/mol. The van der Waals surface area contributed by atoms with E-state index in [1.165, 1.54) is 6.26 Å². The van der Waals surface area contributed by atoms with E-state index < -0.39 is 28.4 Å². The summed E-state index contributed by atoms with van der Waals surface area (Å²) in [6.45, 7) is 2.08. The predicted octanol–water partition coefficient (Wildman–Crippen LogP) is 3.46. The molecule has 0 aliphatic carbocycles. The van der Waals surface area contributed by atoms with E-state index in [1.54, 1.807) is 6.92 Å². The Labute approximate surface area is 164 Å². The van der Waals surface area contributed by atoms with Gasteiger partial charge in [0, 0.05) is 12.8 Å². The summed E-state index contributed by atoms with van der Waals surface area (Å²) < 4.78 is 52.1. The van der Waals surface area contributed by atoms with Gasteiger partial charge in [0.25, 0.3) is 0 Å². The van der Waals surface area contributed by atoms with Gasteiger partial charge in [-0.3, -0.25) is 4.21 Å². The SMILES string of the molecule is CCNc1c(S(C)=O)c(/C(N)=N\O)nn1-c1c(Cl)cc(C(F)(F)F)cc1Cl. The van der Waals surface area contributed by atoms with Crippen molar-refractivity contribution in [2.45, 2.75) is 18.0 Å². The molecule has 0 radical (unpaired) electrons. The van der Waals surface area contributed by atoms with Crippen LogP contribution in [-0.2, 0) is 17.0 Å². The zero-order chi connectivity index (χ0) is 20.5. The minimum atomic E-state index is -4.64. The molecule has 0 saturated carbocycles. The summed E-state index contributed by atoms with van der Waals surface area (Å²) in [5, 5.41) is 18.1. The number of anilines is 1. The maximum atomic E-state index is 13.0. The van der Waals surface area contributed by atoms with E-state index in [0.717, 1.165) is 4.68 Å². The quantitative estimate of drug-likeness (QED) is 0.284. The number of halogens is 5. The number of amidine groups is 1. The molecule has 13 heteroatoms. The van der Waals surface area contributed by atoms with E-state index in [9.17, 15) is 17.4 Å². The van der Waals surface area contributed by atoms with Crippen LogP contribution in [0.25, 0.3) is 5.69 Å². The Hall–Kier alpha value is -1.98. The number of nitrogens with one attached hydrogen (secondary N) is 1. The monoisotopic (exact) mass is 443 g/mol. The van der Waals surface area contributed by atoms with Crippen molar-refractivity contribution in [3.05, 3.63) is 33.4 Å². The number of hydrogen-bond donors (Lipinski definition) is 3. The fourth-order valence-corrected chi connectivity index (χ4v) is 3.80. The number of oxime groups is 1. The third-order valence-electron chi connectivity index (χ3n) is 3.38. The third-order valence-corrected chi connectivity index (χ3v) is 4.92. The topological polar surface area (TPSA) is 106 Å². The van der Waals surface area contributed by atoms with Crippen molar-refractivity contribution in [2.75, 3.05) is 18.1 Å². The molecule has 0 saturated heterocycles. The van der Waals surface area contributed by atoms with Crippen LogP contribution in [0.1, 0.15) is 18.2 Å². The van der Waals surface area contributed by atoms with Crippen LogP contribution in [0.5, 0.6) is 0 Å². The van der Waals surface area contributed by atoms with Gasteiger partial charge in [-0.25, -0.2) is 4.68 Å².